The lowest BCUT2D eigenvalue weighted by molar-refractivity contribution is -0.136. The number of benzene rings is 1. The Morgan fingerprint density at radius 3 is 2.52 bits per heavy atom. The third-order valence-electron chi connectivity index (χ3n) is 5.41. The van der Waals surface area contributed by atoms with Crippen LogP contribution in [0.25, 0.3) is 0 Å². The van der Waals surface area contributed by atoms with E-state index < -0.39 is 0 Å². The minimum absolute atomic E-state index is 0.0281. The lowest BCUT2D eigenvalue weighted by atomic mass is 9.95. The summed E-state index contributed by atoms with van der Waals surface area (Å²) in [6.07, 6.45) is 4.43. The third kappa shape index (κ3) is 4.39. The number of carbonyl (C=O) groups excluding carboxylic acids is 2. The molecule has 1 aromatic rings. The minimum atomic E-state index is -0.244. The van der Waals surface area contributed by atoms with Crippen molar-refractivity contribution in [1.82, 2.24) is 10.2 Å². The van der Waals surface area contributed by atoms with Crippen molar-refractivity contribution >= 4 is 11.8 Å². The predicted octanol–water partition coefficient (Wildman–Crippen LogP) is 3.08. The average molecular weight is 346 g/mol. The van der Waals surface area contributed by atoms with Crippen molar-refractivity contribution < 1.29 is 14.0 Å². The molecule has 2 unspecified atom stereocenters. The second kappa shape index (κ2) is 7.98. The summed E-state index contributed by atoms with van der Waals surface area (Å²) in [5.74, 6) is 0.374. The van der Waals surface area contributed by atoms with Crippen molar-refractivity contribution in [2.75, 3.05) is 19.6 Å². The summed E-state index contributed by atoms with van der Waals surface area (Å²) in [6, 6.07) is 6.47. The second-order valence-corrected chi connectivity index (χ2v) is 7.24. The molecule has 2 amide bonds. The van der Waals surface area contributed by atoms with Crippen LogP contribution in [0.5, 0.6) is 0 Å². The Morgan fingerprint density at radius 1 is 1.20 bits per heavy atom. The highest BCUT2D eigenvalue weighted by Crippen LogP contribution is 2.48. The summed E-state index contributed by atoms with van der Waals surface area (Å²) in [5.41, 5.74) is 1.05. The van der Waals surface area contributed by atoms with Crippen molar-refractivity contribution in [2.45, 2.75) is 44.9 Å². The molecule has 0 aromatic heterocycles. The van der Waals surface area contributed by atoms with E-state index >= 15 is 0 Å². The van der Waals surface area contributed by atoms with Gasteiger partial charge in [-0.1, -0.05) is 25.5 Å². The van der Waals surface area contributed by atoms with Crippen LogP contribution in [0.3, 0.4) is 0 Å². The molecule has 0 spiro atoms. The monoisotopic (exact) mass is 346 g/mol. The zero-order chi connectivity index (χ0) is 17.8. The Hall–Kier alpha value is -1.91. The van der Waals surface area contributed by atoms with Crippen LogP contribution in [-0.2, 0) is 9.59 Å². The van der Waals surface area contributed by atoms with Gasteiger partial charge in [0.05, 0.1) is 0 Å². The first kappa shape index (κ1) is 17.9. The standard InChI is InChI=1S/C20H27FN2O2/c1-2-3-10-22-19(24)15-8-11-23(12-9-15)20(25)18-13-17(18)14-4-6-16(21)7-5-14/h4-7,15,17-18H,2-3,8-13H2,1H3,(H,22,24). The van der Waals surface area contributed by atoms with Crippen LogP contribution in [0.2, 0.25) is 0 Å². The maximum Gasteiger partial charge on any atom is 0.226 e. The molecule has 2 fully saturated rings. The summed E-state index contributed by atoms with van der Waals surface area (Å²) >= 11 is 0. The van der Waals surface area contributed by atoms with Gasteiger partial charge in [-0.15, -0.1) is 0 Å². The lowest BCUT2D eigenvalue weighted by Crippen LogP contribution is -2.43. The zero-order valence-corrected chi connectivity index (χ0v) is 14.8. The molecule has 2 aliphatic rings. The Bertz CT molecular complexity index is 609. The van der Waals surface area contributed by atoms with Crippen LogP contribution in [0.1, 0.15) is 50.5 Å². The maximum atomic E-state index is 13.0. The highest BCUT2D eigenvalue weighted by molar-refractivity contribution is 5.84. The fraction of sp³-hybridized carbons (Fsp3) is 0.600. The highest BCUT2D eigenvalue weighted by Gasteiger charge is 2.46. The fourth-order valence-corrected chi connectivity index (χ4v) is 3.68. The van der Waals surface area contributed by atoms with E-state index in [2.05, 4.69) is 12.2 Å². The first-order chi connectivity index (χ1) is 12.1. The molecule has 0 bridgehead atoms. The normalized spacial score (nSPS) is 23.4. The number of hydrogen-bond donors (Lipinski definition) is 1. The average Bonchev–Trinajstić information content (AvgIpc) is 3.43. The number of amides is 2. The Kier molecular flexibility index (Phi) is 5.71. The van der Waals surface area contributed by atoms with E-state index in [1.54, 1.807) is 12.1 Å². The van der Waals surface area contributed by atoms with Gasteiger partial charge in [-0.05, 0) is 49.3 Å². The van der Waals surface area contributed by atoms with Gasteiger partial charge in [-0.3, -0.25) is 9.59 Å². The van der Waals surface area contributed by atoms with Gasteiger partial charge in [0, 0.05) is 31.5 Å². The number of nitrogens with zero attached hydrogens (tertiary/aromatic N) is 1. The number of hydrogen-bond acceptors (Lipinski definition) is 2. The van der Waals surface area contributed by atoms with Crippen LogP contribution < -0.4 is 5.32 Å². The molecular weight excluding hydrogens is 319 g/mol. The SMILES string of the molecule is CCCCNC(=O)C1CCN(C(=O)C2CC2c2ccc(F)cc2)CC1. The number of unbranched alkanes of at least 4 members (excludes halogenated alkanes) is 1. The van der Waals surface area contributed by atoms with E-state index in [0.29, 0.717) is 13.1 Å². The quantitative estimate of drug-likeness (QED) is 0.805. The third-order valence-corrected chi connectivity index (χ3v) is 5.41. The van der Waals surface area contributed by atoms with E-state index in [4.69, 9.17) is 0 Å². The minimum Gasteiger partial charge on any atom is -0.356 e. The van der Waals surface area contributed by atoms with Gasteiger partial charge in [0.1, 0.15) is 5.82 Å². The van der Waals surface area contributed by atoms with Crippen molar-refractivity contribution in [3.63, 3.8) is 0 Å². The van der Waals surface area contributed by atoms with Gasteiger partial charge >= 0.3 is 0 Å². The van der Waals surface area contributed by atoms with Crippen LogP contribution in [0, 0.1) is 17.7 Å². The molecule has 1 saturated carbocycles. The number of likely N-dealkylation sites (tertiary alicyclic amines) is 1. The summed E-state index contributed by atoms with van der Waals surface area (Å²) in [6.45, 7) is 4.18. The molecule has 25 heavy (non-hydrogen) atoms. The van der Waals surface area contributed by atoms with E-state index in [1.807, 2.05) is 4.90 Å². The lowest BCUT2D eigenvalue weighted by Gasteiger charge is -2.31. The maximum absolute atomic E-state index is 13.0. The van der Waals surface area contributed by atoms with Crippen LogP contribution in [-0.4, -0.2) is 36.3 Å². The molecule has 0 radical (unpaired) electrons. The summed E-state index contributed by atoms with van der Waals surface area (Å²) in [5, 5.41) is 2.99. The highest BCUT2D eigenvalue weighted by atomic mass is 19.1. The molecule has 1 saturated heterocycles. The molecule has 1 aliphatic carbocycles. The topological polar surface area (TPSA) is 49.4 Å². The van der Waals surface area contributed by atoms with Crippen molar-refractivity contribution in [1.29, 1.82) is 0 Å². The predicted molar refractivity (Wildman–Crippen MR) is 94.5 cm³/mol. The first-order valence-corrected chi connectivity index (χ1v) is 9.42. The number of rotatable bonds is 6. The zero-order valence-electron chi connectivity index (χ0n) is 14.8. The van der Waals surface area contributed by atoms with E-state index in [1.165, 1.54) is 12.1 Å². The molecule has 136 valence electrons. The van der Waals surface area contributed by atoms with Gasteiger partial charge < -0.3 is 10.2 Å². The van der Waals surface area contributed by atoms with Gasteiger partial charge in [0.15, 0.2) is 0 Å². The van der Waals surface area contributed by atoms with Crippen LogP contribution in [0.4, 0.5) is 4.39 Å². The van der Waals surface area contributed by atoms with Crippen molar-refractivity contribution in [3.05, 3.63) is 35.6 Å². The second-order valence-electron chi connectivity index (χ2n) is 7.24. The fourth-order valence-electron chi connectivity index (χ4n) is 3.68. The summed E-state index contributed by atoms with van der Waals surface area (Å²) in [7, 11) is 0. The Morgan fingerprint density at radius 2 is 1.88 bits per heavy atom. The summed E-state index contributed by atoms with van der Waals surface area (Å²) in [4.78, 5) is 26.7. The van der Waals surface area contributed by atoms with Gasteiger partial charge in [0.25, 0.3) is 0 Å². The van der Waals surface area contributed by atoms with Gasteiger partial charge in [-0.2, -0.15) is 0 Å². The van der Waals surface area contributed by atoms with Gasteiger partial charge in [0.2, 0.25) is 11.8 Å². The first-order valence-electron chi connectivity index (χ1n) is 9.42. The molecular formula is C20H27FN2O2. The molecule has 1 aliphatic heterocycles. The number of carbonyl (C=O) groups is 2. The molecule has 1 N–H and O–H groups in total. The Balaban J connectivity index is 1.45. The van der Waals surface area contributed by atoms with Crippen molar-refractivity contribution in [2.24, 2.45) is 11.8 Å². The van der Waals surface area contributed by atoms with Crippen molar-refractivity contribution in [3.8, 4) is 0 Å². The van der Waals surface area contributed by atoms with E-state index in [-0.39, 0.29) is 35.4 Å². The largest absolute Gasteiger partial charge is 0.356 e. The van der Waals surface area contributed by atoms with Gasteiger partial charge in [-0.25, -0.2) is 4.39 Å². The van der Waals surface area contributed by atoms with E-state index in [9.17, 15) is 14.0 Å². The molecule has 1 heterocycles. The van der Waals surface area contributed by atoms with Crippen LogP contribution >= 0.6 is 0 Å². The molecule has 4 nitrogen and oxygen atoms in total. The van der Waals surface area contributed by atoms with Crippen LogP contribution in [0.15, 0.2) is 24.3 Å². The molecule has 1 aromatic carbocycles. The smallest absolute Gasteiger partial charge is 0.226 e. The summed E-state index contributed by atoms with van der Waals surface area (Å²) < 4.78 is 13.0. The number of nitrogens with one attached hydrogen (secondary N) is 1. The number of piperidine rings is 1. The van der Waals surface area contributed by atoms with E-state index in [0.717, 1.165) is 44.2 Å². The number of halogens is 1. The molecule has 2 atom stereocenters. The molecule has 3 rings (SSSR count). The Labute approximate surface area is 148 Å². The molecule has 5 heteroatoms.